The molecule has 0 spiro atoms. The summed E-state index contributed by atoms with van der Waals surface area (Å²) in [5.74, 6) is 0.666. The predicted octanol–water partition coefficient (Wildman–Crippen LogP) is 2.99. The molecule has 162 valence electrons. The quantitative estimate of drug-likeness (QED) is 0.704. The Morgan fingerprint density at radius 3 is 2.50 bits per heavy atom. The van der Waals surface area contributed by atoms with Crippen molar-refractivity contribution in [2.45, 2.75) is 29.5 Å². The molecule has 1 aliphatic heterocycles. The smallest absolute Gasteiger partial charge is 0.317 e. The van der Waals surface area contributed by atoms with Gasteiger partial charge in [-0.25, -0.2) is 17.6 Å². The van der Waals surface area contributed by atoms with Crippen molar-refractivity contribution in [2.75, 3.05) is 27.3 Å². The number of methoxy groups -OCH3 is 2. The van der Waals surface area contributed by atoms with E-state index in [4.69, 9.17) is 9.47 Å². The van der Waals surface area contributed by atoms with Crippen LogP contribution in [0.4, 0.5) is 9.18 Å². The molecule has 2 amide bonds. The van der Waals surface area contributed by atoms with Crippen molar-refractivity contribution < 1.29 is 27.1 Å². The molecule has 1 aliphatic rings. The number of carbonyl (C=O) groups excluding carboxylic acids is 1. The zero-order chi connectivity index (χ0) is 21.7. The van der Waals surface area contributed by atoms with Gasteiger partial charge in [-0.2, -0.15) is 0 Å². The van der Waals surface area contributed by atoms with Gasteiger partial charge in [0, 0.05) is 19.6 Å². The van der Waals surface area contributed by atoms with Gasteiger partial charge in [0.1, 0.15) is 5.82 Å². The zero-order valence-corrected chi connectivity index (χ0v) is 17.7. The number of benzene rings is 2. The van der Waals surface area contributed by atoms with Crippen LogP contribution in [0.5, 0.6) is 11.5 Å². The van der Waals surface area contributed by atoms with Crippen molar-refractivity contribution in [3.05, 3.63) is 53.8 Å². The van der Waals surface area contributed by atoms with Crippen LogP contribution in [0.15, 0.2) is 47.4 Å². The molecule has 0 radical (unpaired) electrons. The number of nitrogens with one attached hydrogen (secondary N) is 1. The highest BCUT2D eigenvalue weighted by Gasteiger charge is 2.33. The van der Waals surface area contributed by atoms with Crippen molar-refractivity contribution in [2.24, 2.45) is 0 Å². The Bertz CT molecular complexity index is 995. The first-order chi connectivity index (χ1) is 14.3. The van der Waals surface area contributed by atoms with E-state index in [0.717, 1.165) is 17.7 Å². The van der Waals surface area contributed by atoms with Crippen molar-refractivity contribution >= 4 is 15.9 Å². The van der Waals surface area contributed by atoms with Crippen LogP contribution >= 0.6 is 0 Å². The third-order valence-corrected chi connectivity index (χ3v) is 7.33. The first kappa shape index (κ1) is 21.9. The molecular weight excluding hydrogens is 411 g/mol. The van der Waals surface area contributed by atoms with Crippen molar-refractivity contribution in [3.63, 3.8) is 0 Å². The Morgan fingerprint density at radius 2 is 1.83 bits per heavy atom. The van der Waals surface area contributed by atoms with Gasteiger partial charge in [-0.15, -0.1) is 0 Å². The van der Waals surface area contributed by atoms with Gasteiger partial charge >= 0.3 is 6.03 Å². The highest BCUT2D eigenvalue weighted by Crippen LogP contribution is 2.28. The molecule has 7 nitrogen and oxygen atoms in total. The van der Waals surface area contributed by atoms with Crippen LogP contribution in [-0.2, 0) is 16.4 Å². The monoisotopic (exact) mass is 436 g/mol. The highest BCUT2D eigenvalue weighted by molar-refractivity contribution is 7.92. The SMILES string of the molecule is COc1ccc(CNC(=O)N2CCC[C@H](S(=O)(=O)c3ccc(F)cc3)C2)cc1OC. The molecule has 1 atom stereocenters. The second-order valence-electron chi connectivity index (χ2n) is 7.06. The average Bonchev–Trinajstić information content (AvgIpc) is 2.77. The van der Waals surface area contributed by atoms with Crippen molar-refractivity contribution in [3.8, 4) is 11.5 Å². The Balaban J connectivity index is 1.64. The summed E-state index contributed by atoms with van der Waals surface area (Å²) in [6, 6.07) is 9.81. The molecule has 0 bridgehead atoms. The van der Waals surface area contributed by atoms with E-state index in [0.29, 0.717) is 30.9 Å². The number of rotatable bonds is 6. The number of sulfone groups is 1. The van der Waals surface area contributed by atoms with Crippen LogP contribution in [0.2, 0.25) is 0 Å². The molecule has 1 fully saturated rings. The minimum absolute atomic E-state index is 0.0708. The molecule has 1 saturated heterocycles. The minimum atomic E-state index is -3.65. The van der Waals surface area contributed by atoms with Crippen LogP contribution < -0.4 is 14.8 Å². The number of carbonyl (C=O) groups is 1. The summed E-state index contributed by atoms with van der Waals surface area (Å²) in [7, 11) is -0.563. The third kappa shape index (κ3) is 4.84. The van der Waals surface area contributed by atoms with Gasteiger partial charge in [0.2, 0.25) is 0 Å². The molecule has 0 aromatic heterocycles. The van der Waals surface area contributed by atoms with Crippen molar-refractivity contribution in [1.29, 1.82) is 0 Å². The number of ether oxygens (including phenoxy) is 2. The van der Waals surface area contributed by atoms with Gasteiger partial charge in [0.25, 0.3) is 0 Å². The fourth-order valence-corrected chi connectivity index (χ4v) is 5.23. The number of nitrogens with zero attached hydrogens (tertiary/aromatic N) is 1. The molecule has 0 aliphatic carbocycles. The number of likely N-dealkylation sites (tertiary alicyclic amines) is 1. The van der Waals surface area contributed by atoms with E-state index in [1.165, 1.54) is 24.1 Å². The molecule has 9 heteroatoms. The Kier molecular flexibility index (Phi) is 6.81. The van der Waals surface area contributed by atoms with Gasteiger partial charge in [0.05, 0.1) is 24.4 Å². The number of amides is 2. The maximum atomic E-state index is 13.1. The van der Waals surface area contributed by atoms with Crippen LogP contribution in [0.25, 0.3) is 0 Å². The lowest BCUT2D eigenvalue weighted by Crippen LogP contribution is -2.48. The fraction of sp³-hybridized carbons (Fsp3) is 0.381. The number of piperidine rings is 1. The normalized spacial score (nSPS) is 16.8. The molecule has 30 heavy (non-hydrogen) atoms. The molecule has 0 saturated carbocycles. The van der Waals surface area contributed by atoms with Gasteiger partial charge < -0.3 is 19.7 Å². The topological polar surface area (TPSA) is 84.9 Å². The molecule has 1 N–H and O–H groups in total. The first-order valence-corrected chi connectivity index (χ1v) is 11.1. The van der Waals surface area contributed by atoms with E-state index in [9.17, 15) is 17.6 Å². The summed E-state index contributed by atoms with van der Waals surface area (Å²) < 4.78 is 49.3. The van der Waals surface area contributed by atoms with Crippen LogP contribution in [0, 0.1) is 5.82 Å². The largest absolute Gasteiger partial charge is 0.493 e. The fourth-order valence-electron chi connectivity index (χ4n) is 3.47. The van der Waals surface area contributed by atoms with E-state index >= 15 is 0 Å². The lowest BCUT2D eigenvalue weighted by atomic mass is 10.1. The van der Waals surface area contributed by atoms with E-state index in [2.05, 4.69) is 5.32 Å². The summed E-state index contributed by atoms with van der Waals surface area (Å²) >= 11 is 0. The van der Waals surface area contributed by atoms with Crippen LogP contribution in [0.3, 0.4) is 0 Å². The summed E-state index contributed by atoms with van der Waals surface area (Å²) in [6.45, 7) is 0.843. The summed E-state index contributed by atoms with van der Waals surface area (Å²) in [6.07, 6.45) is 1.04. The molecule has 1 heterocycles. The Hall–Kier alpha value is -2.81. The Morgan fingerprint density at radius 1 is 1.13 bits per heavy atom. The predicted molar refractivity (Wildman–Crippen MR) is 110 cm³/mol. The number of hydrogen-bond acceptors (Lipinski definition) is 5. The lowest BCUT2D eigenvalue weighted by molar-refractivity contribution is 0.186. The van der Waals surface area contributed by atoms with E-state index in [1.54, 1.807) is 19.2 Å². The summed E-state index contributed by atoms with van der Waals surface area (Å²) in [5, 5.41) is 2.10. The molecule has 2 aromatic carbocycles. The second kappa shape index (κ2) is 9.34. The van der Waals surface area contributed by atoms with Crippen LogP contribution in [0.1, 0.15) is 18.4 Å². The average molecular weight is 437 g/mol. The standard InChI is InChI=1S/C21H25FN2O5S/c1-28-19-10-5-15(12-20(19)29-2)13-23-21(25)24-11-3-4-18(14-24)30(26,27)17-8-6-16(22)7-9-17/h5-10,12,18H,3-4,11,13-14H2,1-2H3,(H,23,25)/t18-/m0/s1. The minimum Gasteiger partial charge on any atom is -0.493 e. The van der Waals surface area contributed by atoms with Gasteiger partial charge in [-0.05, 0) is 54.8 Å². The number of hydrogen-bond donors (Lipinski definition) is 1. The van der Waals surface area contributed by atoms with E-state index < -0.39 is 20.9 Å². The van der Waals surface area contributed by atoms with Gasteiger partial charge in [-0.3, -0.25) is 0 Å². The molecule has 2 aromatic rings. The van der Waals surface area contributed by atoms with Crippen LogP contribution in [-0.4, -0.2) is 51.9 Å². The van der Waals surface area contributed by atoms with Gasteiger partial charge in [-0.1, -0.05) is 6.07 Å². The van der Waals surface area contributed by atoms with Crippen molar-refractivity contribution in [1.82, 2.24) is 10.2 Å². The van der Waals surface area contributed by atoms with E-state index in [1.807, 2.05) is 6.07 Å². The lowest BCUT2D eigenvalue weighted by Gasteiger charge is -2.32. The molecule has 3 rings (SSSR count). The second-order valence-corrected chi connectivity index (χ2v) is 9.29. The maximum Gasteiger partial charge on any atom is 0.317 e. The molecule has 0 unspecified atom stereocenters. The van der Waals surface area contributed by atoms with Gasteiger partial charge in [0.15, 0.2) is 21.3 Å². The number of halogens is 1. The third-order valence-electron chi connectivity index (χ3n) is 5.14. The summed E-state index contributed by atoms with van der Waals surface area (Å²) in [5.41, 5.74) is 0.827. The Labute approximate surface area is 175 Å². The number of urea groups is 1. The molecular formula is C21H25FN2O5S. The van der Waals surface area contributed by atoms with E-state index in [-0.39, 0.29) is 24.0 Å². The maximum absolute atomic E-state index is 13.1. The summed E-state index contributed by atoms with van der Waals surface area (Å²) in [4.78, 5) is 14.2. The highest BCUT2D eigenvalue weighted by atomic mass is 32.2. The first-order valence-electron chi connectivity index (χ1n) is 9.58. The zero-order valence-electron chi connectivity index (χ0n) is 16.9.